The van der Waals surface area contributed by atoms with E-state index >= 15 is 0 Å². The van der Waals surface area contributed by atoms with Gasteiger partial charge in [0.05, 0.1) is 35.2 Å². The Morgan fingerprint density at radius 2 is 2.00 bits per heavy atom. The monoisotopic (exact) mass is 469 g/mol. The van der Waals surface area contributed by atoms with E-state index in [1.54, 1.807) is 31.8 Å². The van der Waals surface area contributed by atoms with Gasteiger partial charge in [-0.1, -0.05) is 11.3 Å². The molecule has 0 unspecified atom stereocenters. The quantitative estimate of drug-likeness (QED) is 0.536. The van der Waals surface area contributed by atoms with Crippen LogP contribution < -0.4 is 10.1 Å². The maximum atomic E-state index is 12.1. The predicted octanol–water partition coefficient (Wildman–Crippen LogP) is 4.43. The van der Waals surface area contributed by atoms with Crippen LogP contribution in [-0.4, -0.2) is 54.7 Å². The first-order valence-corrected chi connectivity index (χ1v) is 11.5. The summed E-state index contributed by atoms with van der Waals surface area (Å²) in [5.41, 5.74) is 0.860. The van der Waals surface area contributed by atoms with E-state index < -0.39 is 11.7 Å². The number of nitrogens with zero attached hydrogens (tertiary/aromatic N) is 6. The molecule has 1 saturated carbocycles. The van der Waals surface area contributed by atoms with Crippen molar-refractivity contribution in [2.24, 2.45) is 0 Å². The first kappa shape index (κ1) is 22.8. The van der Waals surface area contributed by atoms with Crippen LogP contribution in [0.15, 0.2) is 30.9 Å². The number of anilines is 2. The molecule has 10 nitrogen and oxygen atoms in total. The standard InChI is InChI=1S/C22H27N7O3S/c1-22(2,3)32-21(30)29(4)13-14-10-25-18(12-24-14)28-20-26-11-17(33-20)16-8-9-23-19(27-16)31-15-6-5-7-15/h8-12,15H,5-7,13H2,1-4H3,(H,25,26,28). The third-order valence-corrected chi connectivity index (χ3v) is 5.70. The van der Waals surface area contributed by atoms with Gasteiger partial charge in [0.25, 0.3) is 0 Å². The first-order chi connectivity index (χ1) is 15.7. The molecule has 0 atom stereocenters. The summed E-state index contributed by atoms with van der Waals surface area (Å²) >= 11 is 1.45. The van der Waals surface area contributed by atoms with Crippen molar-refractivity contribution in [3.8, 4) is 16.6 Å². The first-order valence-electron chi connectivity index (χ1n) is 10.7. The largest absolute Gasteiger partial charge is 0.460 e. The Hall–Kier alpha value is -3.34. The maximum absolute atomic E-state index is 12.1. The lowest BCUT2D eigenvalue weighted by Gasteiger charge is -2.24. The van der Waals surface area contributed by atoms with Crippen LogP contribution in [-0.2, 0) is 11.3 Å². The number of rotatable bonds is 7. The van der Waals surface area contributed by atoms with Gasteiger partial charge in [-0.15, -0.1) is 0 Å². The van der Waals surface area contributed by atoms with Gasteiger partial charge in [-0.25, -0.2) is 19.7 Å². The number of nitrogens with one attached hydrogen (secondary N) is 1. The summed E-state index contributed by atoms with van der Waals surface area (Å²) in [4.78, 5) is 36.3. The molecule has 3 heterocycles. The summed E-state index contributed by atoms with van der Waals surface area (Å²) in [6.07, 6.45) is 9.79. The van der Waals surface area contributed by atoms with Crippen LogP contribution in [0.5, 0.6) is 6.01 Å². The molecule has 11 heteroatoms. The number of amides is 1. The minimum Gasteiger partial charge on any atom is -0.460 e. The van der Waals surface area contributed by atoms with E-state index in [0.717, 1.165) is 23.4 Å². The minimum absolute atomic E-state index is 0.226. The highest BCUT2D eigenvalue weighted by Crippen LogP contribution is 2.30. The van der Waals surface area contributed by atoms with Crippen molar-refractivity contribution in [1.82, 2.24) is 29.8 Å². The van der Waals surface area contributed by atoms with Crippen molar-refractivity contribution >= 4 is 28.4 Å². The average Bonchev–Trinajstić information content (AvgIpc) is 3.20. The SMILES string of the molecule is CN(Cc1cnc(Nc2ncc(-c3ccnc(OC4CCC4)n3)s2)cn1)C(=O)OC(C)(C)C. The lowest BCUT2D eigenvalue weighted by Crippen LogP contribution is -2.34. The van der Waals surface area contributed by atoms with E-state index in [4.69, 9.17) is 9.47 Å². The second-order valence-corrected chi connectivity index (χ2v) is 9.81. The Morgan fingerprint density at radius 3 is 2.67 bits per heavy atom. The van der Waals surface area contributed by atoms with E-state index in [1.165, 1.54) is 22.7 Å². The number of thiazole rings is 1. The lowest BCUT2D eigenvalue weighted by molar-refractivity contribution is 0.0283. The van der Waals surface area contributed by atoms with Crippen molar-refractivity contribution in [2.75, 3.05) is 12.4 Å². The summed E-state index contributed by atoms with van der Waals surface area (Å²) in [6.45, 7) is 5.78. The Labute approximate surface area is 196 Å². The van der Waals surface area contributed by atoms with Gasteiger partial charge >= 0.3 is 12.1 Å². The minimum atomic E-state index is -0.547. The van der Waals surface area contributed by atoms with Crippen LogP contribution in [0.25, 0.3) is 10.6 Å². The van der Waals surface area contributed by atoms with Crippen LogP contribution >= 0.6 is 11.3 Å². The van der Waals surface area contributed by atoms with Gasteiger partial charge in [-0.3, -0.25) is 4.98 Å². The molecule has 3 aromatic heterocycles. The van der Waals surface area contributed by atoms with Crippen LogP contribution in [0.1, 0.15) is 45.7 Å². The zero-order valence-corrected chi connectivity index (χ0v) is 19.9. The van der Waals surface area contributed by atoms with Crippen LogP contribution in [0.2, 0.25) is 0 Å². The molecule has 1 fully saturated rings. The number of carbonyl (C=O) groups is 1. The fourth-order valence-corrected chi connectivity index (χ4v) is 3.67. The fourth-order valence-electron chi connectivity index (χ4n) is 2.88. The van der Waals surface area contributed by atoms with Gasteiger partial charge in [0.1, 0.15) is 11.7 Å². The molecule has 1 N–H and O–H groups in total. The fraction of sp³-hybridized carbons (Fsp3) is 0.455. The summed E-state index contributed by atoms with van der Waals surface area (Å²) in [5, 5.41) is 3.81. The van der Waals surface area contributed by atoms with E-state index in [1.807, 2.05) is 26.8 Å². The lowest BCUT2D eigenvalue weighted by atomic mass is 9.96. The van der Waals surface area contributed by atoms with Crippen LogP contribution in [0, 0.1) is 0 Å². The molecule has 0 aliphatic heterocycles. The van der Waals surface area contributed by atoms with Crippen molar-refractivity contribution in [1.29, 1.82) is 0 Å². The molecule has 1 aliphatic rings. The number of ether oxygens (including phenoxy) is 2. The van der Waals surface area contributed by atoms with Gasteiger partial charge in [0.2, 0.25) is 0 Å². The zero-order chi connectivity index (χ0) is 23.4. The second kappa shape index (κ2) is 9.65. The van der Waals surface area contributed by atoms with Gasteiger partial charge < -0.3 is 19.7 Å². The average molecular weight is 470 g/mol. The van der Waals surface area contributed by atoms with Gasteiger partial charge in [-0.2, -0.15) is 4.98 Å². The molecular weight excluding hydrogens is 442 g/mol. The molecule has 1 amide bonds. The third-order valence-electron chi connectivity index (χ3n) is 4.76. The summed E-state index contributed by atoms with van der Waals surface area (Å²) < 4.78 is 11.1. The highest BCUT2D eigenvalue weighted by Gasteiger charge is 2.21. The molecular formula is C22H27N7O3S. The molecule has 3 aromatic rings. The molecule has 0 radical (unpaired) electrons. The van der Waals surface area contributed by atoms with E-state index in [0.29, 0.717) is 29.2 Å². The Kier molecular flexibility index (Phi) is 6.68. The number of aromatic nitrogens is 5. The summed E-state index contributed by atoms with van der Waals surface area (Å²) in [6, 6.07) is 2.23. The van der Waals surface area contributed by atoms with Crippen molar-refractivity contribution in [2.45, 2.75) is 58.3 Å². The maximum Gasteiger partial charge on any atom is 0.410 e. The number of carbonyl (C=O) groups excluding carboxylic acids is 1. The smallest absolute Gasteiger partial charge is 0.410 e. The van der Waals surface area contributed by atoms with Crippen molar-refractivity contribution in [3.63, 3.8) is 0 Å². The van der Waals surface area contributed by atoms with Crippen molar-refractivity contribution in [3.05, 3.63) is 36.5 Å². The Bertz CT molecular complexity index is 1090. The Morgan fingerprint density at radius 1 is 1.18 bits per heavy atom. The molecule has 1 aliphatic carbocycles. The van der Waals surface area contributed by atoms with Crippen LogP contribution in [0.4, 0.5) is 15.7 Å². The van der Waals surface area contributed by atoms with Gasteiger partial charge in [0, 0.05) is 19.4 Å². The highest BCUT2D eigenvalue weighted by atomic mass is 32.1. The van der Waals surface area contributed by atoms with Crippen LogP contribution in [0.3, 0.4) is 0 Å². The zero-order valence-electron chi connectivity index (χ0n) is 19.1. The van der Waals surface area contributed by atoms with Crippen molar-refractivity contribution < 1.29 is 14.3 Å². The topological polar surface area (TPSA) is 115 Å². The third kappa shape index (κ3) is 6.35. The molecule has 4 rings (SSSR count). The van der Waals surface area contributed by atoms with Gasteiger partial charge in [0.15, 0.2) is 10.9 Å². The highest BCUT2D eigenvalue weighted by molar-refractivity contribution is 7.18. The molecule has 33 heavy (non-hydrogen) atoms. The molecule has 0 spiro atoms. The van der Waals surface area contributed by atoms with Gasteiger partial charge in [-0.05, 0) is 46.1 Å². The normalized spacial score (nSPS) is 13.8. The second-order valence-electron chi connectivity index (χ2n) is 8.78. The Balaban J connectivity index is 1.35. The molecule has 174 valence electrons. The number of hydrogen-bond acceptors (Lipinski definition) is 10. The summed E-state index contributed by atoms with van der Waals surface area (Å²) in [5.74, 6) is 0.552. The molecule has 0 bridgehead atoms. The van der Waals surface area contributed by atoms with E-state index in [-0.39, 0.29) is 6.10 Å². The van der Waals surface area contributed by atoms with E-state index in [9.17, 15) is 4.79 Å². The molecule has 0 saturated heterocycles. The van der Waals surface area contributed by atoms with E-state index in [2.05, 4.69) is 30.2 Å². The summed E-state index contributed by atoms with van der Waals surface area (Å²) in [7, 11) is 1.66. The molecule has 0 aromatic carbocycles. The number of hydrogen-bond donors (Lipinski definition) is 1. The predicted molar refractivity (Wildman–Crippen MR) is 124 cm³/mol.